The minimum atomic E-state index is -1.19. The Morgan fingerprint density at radius 2 is 0.956 bits per heavy atom. The highest BCUT2D eigenvalue weighted by Gasteiger charge is 2.35. The summed E-state index contributed by atoms with van der Waals surface area (Å²) in [5.41, 5.74) is 4.82. The van der Waals surface area contributed by atoms with Crippen LogP contribution >= 0.6 is 0 Å². The summed E-state index contributed by atoms with van der Waals surface area (Å²) in [7, 11) is 0. The first-order valence-electron chi connectivity index (χ1n) is 24.8. The molecule has 0 aromatic heterocycles. The number of Topliss-reactive ketones (excluding diaryl/α,β-unsaturated/α-hetero) is 2. The number of rotatable bonds is 48. The molecule has 9 N–H and O–H groups in total. The van der Waals surface area contributed by atoms with E-state index in [0.717, 1.165) is 44.9 Å². The van der Waals surface area contributed by atoms with Crippen LogP contribution < -0.4 is 27.0 Å². The third kappa shape index (κ3) is 37.8. The monoisotopic (exact) mass is 974 g/mol. The quantitative estimate of drug-likeness (QED) is 0.0406. The number of nitrogens with one attached hydrogen (secondary N) is 4. The number of carboxylic acid groups (broad SMARTS) is 2. The highest BCUT2D eigenvalue weighted by atomic mass is 16.5. The molecule has 3 atom stereocenters. The summed E-state index contributed by atoms with van der Waals surface area (Å²) >= 11 is 0. The van der Waals surface area contributed by atoms with Gasteiger partial charge in [0.05, 0.1) is 45.2 Å². The fourth-order valence-corrected chi connectivity index (χ4v) is 7.26. The molecule has 4 amide bonds. The van der Waals surface area contributed by atoms with Crippen molar-refractivity contribution in [2.45, 2.75) is 167 Å². The average Bonchev–Trinajstić information content (AvgIpc) is 3.29. The number of carboxylic acids is 2. The van der Waals surface area contributed by atoms with E-state index in [0.29, 0.717) is 32.2 Å². The number of aliphatic hydroxyl groups excluding tert-OH is 1. The Kier molecular flexibility index (Phi) is 39.3. The molecular formula is C48H87N5O15. The maximum Gasteiger partial charge on any atom is 0.326 e. The third-order valence-corrected chi connectivity index (χ3v) is 11.2. The van der Waals surface area contributed by atoms with Gasteiger partial charge in [-0.05, 0) is 46.0 Å². The molecule has 0 radical (unpaired) electrons. The minimum absolute atomic E-state index is 0.0384. The molecule has 0 aliphatic heterocycles. The van der Waals surface area contributed by atoms with E-state index < -0.39 is 47.7 Å². The van der Waals surface area contributed by atoms with Crippen LogP contribution in [0.4, 0.5) is 0 Å². The molecule has 0 fully saturated rings. The van der Waals surface area contributed by atoms with E-state index in [-0.39, 0.29) is 121 Å². The summed E-state index contributed by atoms with van der Waals surface area (Å²) in [5, 5.41) is 38.1. The highest BCUT2D eigenvalue weighted by molar-refractivity contribution is 5.94. The molecule has 0 saturated carbocycles. The van der Waals surface area contributed by atoms with Gasteiger partial charge in [-0.2, -0.15) is 0 Å². The molecule has 68 heavy (non-hydrogen) atoms. The average molecular weight is 974 g/mol. The largest absolute Gasteiger partial charge is 0.481 e. The number of aliphatic hydroxyl groups is 1. The van der Waals surface area contributed by atoms with Crippen LogP contribution in [-0.4, -0.2) is 153 Å². The summed E-state index contributed by atoms with van der Waals surface area (Å²) < 4.78 is 21.4. The molecule has 3 unspecified atom stereocenters. The van der Waals surface area contributed by atoms with Gasteiger partial charge in [0, 0.05) is 50.7 Å². The number of carbonyl (C=O) groups excluding carboxylic acids is 6. The van der Waals surface area contributed by atoms with Crippen LogP contribution in [0, 0.1) is 11.8 Å². The van der Waals surface area contributed by atoms with Crippen molar-refractivity contribution in [2.24, 2.45) is 17.6 Å². The molecule has 0 aliphatic rings. The van der Waals surface area contributed by atoms with Crippen LogP contribution in [0.1, 0.15) is 156 Å². The lowest BCUT2D eigenvalue weighted by molar-refractivity contribution is -0.142. The lowest BCUT2D eigenvalue weighted by Gasteiger charge is -2.27. The predicted octanol–water partition coefficient (Wildman–Crippen LogP) is 3.37. The molecule has 0 bridgehead atoms. The second-order valence-electron chi connectivity index (χ2n) is 17.8. The third-order valence-electron chi connectivity index (χ3n) is 11.2. The Bertz CT molecular complexity index is 1430. The molecule has 20 heteroatoms. The molecule has 0 saturated heterocycles. The molecule has 394 valence electrons. The second-order valence-corrected chi connectivity index (χ2v) is 17.8. The summed E-state index contributed by atoms with van der Waals surface area (Å²) in [6, 6.07) is -1.15. The maximum atomic E-state index is 12.5. The fraction of sp³-hybridized carbons (Fsp3) is 0.833. The van der Waals surface area contributed by atoms with E-state index in [1.54, 1.807) is 20.8 Å². The Balaban J connectivity index is 3.77. The number of hydrogen-bond donors (Lipinski definition) is 8. The Hall–Kier alpha value is -4.08. The number of unbranched alkanes of at least 4 members (excludes halogenated alkanes) is 14. The molecule has 0 aromatic rings. The van der Waals surface area contributed by atoms with Crippen LogP contribution in [-0.2, 0) is 57.3 Å². The van der Waals surface area contributed by atoms with Crippen LogP contribution in [0.5, 0.6) is 0 Å². The van der Waals surface area contributed by atoms with Crippen molar-refractivity contribution >= 4 is 47.1 Å². The van der Waals surface area contributed by atoms with E-state index in [2.05, 4.69) is 21.3 Å². The molecule has 0 aromatic carbocycles. The minimum Gasteiger partial charge on any atom is -0.481 e. The molecule has 0 aliphatic carbocycles. The summed E-state index contributed by atoms with van der Waals surface area (Å²) in [6.07, 6.45) is 16.9. The number of carbonyl (C=O) groups is 8. The number of aliphatic carboxylic acids is 2. The van der Waals surface area contributed by atoms with Crippen LogP contribution in [0.2, 0.25) is 0 Å². The fourth-order valence-electron chi connectivity index (χ4n) is 7.26. The Labute approximate surface area is 404 Å². The summed E-state index contributed by atoms with van der Waals surface area (Å²) in [5.74, 6) is -5.19. The lowest BCUT2D eigenvalue weighted by atomic mass is 9.78. The predicted molar refractivity (Wildman–Crippen MR) is 254 cm³/mol. The van der Waals surface area contributed by atoms with Gasteiger partial charge in [0.25, 0.3) is 0 Å². The molecular weight excluding hydrogens is 887 g/mol. The Morgan fingerprint density at radius 1 is 0.515 bits per heavy atom. The van der Waals surface area contributed by atoms with E-state index >= 15 is 0 Å². The van der Waals surface area contributed by atoms with Gasteiger partial charge in [0.1, 0.15) is 25.9 Å². The van der Waals surface area contributed by atoms with Gasteiger partial charge >= 0.3 is 11.9 Å². The SMILES string of the molecule is CC(C(=O)C(C)(C)N)C(CCCCNC(=O)COCCOCCNC(=O)COCCOCCNC(=O)CCC(NC(=O)CCCCCCCCCCCCCCCCC(=O)O)C(=O)O)C(=O)CO. The zero-order valence-electron chi connectivity index (χ0n) is 41.4. The number of ketones is 2. The second kappa shape index (κ2) is 41.9. The van der Waals surface area contributed by atoms with E-state index in [4.69, 9.17) is 29.8 Å². The molecule has 0 rings (SSSR count). The molecule has 0 heterocycles. The zero-order chi connectivity index (χ0) is 50.8. The van der Waals surface area contributed by atoms with Crippen molar-refractivity contribution in [3.05, 3.63) is 0 Å². The van der Waals surface area contributed by atoms with Crippen LogP contribution in [0.25, 0.3) is 0 Å². The first-order valence-corrected chi connectivity index (χ1v) is 24.8. The Morgan fingerprint density at radius 3 is 1.41 bits per heavy atom. The summed E-state index contributed by atoms with van der Waals surface area (Å²) in [4.78, 5) is 95.5. The standard InChI is InChI=1S/C48H87N5O15/c1-37(46(62)48(2,3)49)38(40(55)34-54)20-18-19-25-50-43(58)35-67-32-31-66-29-27-52-44(59)36-68-33-30-65-28-26-51-41(56)24-23-39(47(63)64)53-42(57)21-16-14-12-10-8-6-4-5-7-9-11-13-15-17-22-45(60)61/h37-39,54H,4-36,49H2,1-3H3,(H,50,58)(H,51,56)(H,52,59)(H,53,57)(H,60,61)(H,63,64). The van der Waals surface area contributed by atoms with Gasteiger partial charge < -0.3 is 61.3 Å². The van der Waals surface area contributed by atoms with E-state index in [9.17, 15) is 48.6 Å². The zero-order valence-corrected chi connectivity index (χ0v) is 41.4. The smallest absolute Gasteiger partial charge is 0.326 e. The summed E-state index contributed by atoms with van der Waals surface area (Å²) in [6.45, 7) is 5.73. The van der Waals surface area contributed by atoms with Crippen molar-refractivity contribution in [1.82, 2.24) is 21.3 Å². The van der Waals surface area contributed by atoms with E-state index in [1.165, 1.54) is 38.5 Å². The number of hydrogen-bond acceptors (Lipinski definition) is 14. The highest BCUT2D eigenvalue weighted by Crippen LogP contribution is 2.24. The number of ether oxygens (including phenoxy) is 4. The van der Waals surface area contributed by atoms with Crippen molar-refractivity contribution in [3.8, 4) is 0 Å². The van der Waals surface area contributed by atoms with Crippen LogP contribution in [0.3, 0.4) is 0 Å². The van der Waals surface area contributed by atoms with Gasteiger partial charge in [0.15, 0.2) is 11.6 Å². The van der Waals surface area contributed by atoms with Gasteiger partial charge in [0.2, 0.25) is 23.6 Å². The maximum absolute atomic E-state index is 12.5. The number of nitrogens with two attached hydrogens (primary N) is 1. The number of amides is 4. The van der Waals surface area contributed by atoms with Crippen LogP contribution in [0.15, 0.2) is 0 Å². The van der Waals surface area contributed by atoms with Crippen molar-refractivity contribution in [2.75, 3.05) is 79.1 Å². The van der Waals surface area contributed by atoms with E-state index in [1.807, 2.05) is 0 Å². The van der Waals surface area contributed by atoms with Gasteiger partial charge in [-0.3, -0.25) is 33.6 Å². The van der Waals surface area contributed by atoms with Gasteiger partial charge in [-0.25, -0.2) is 4.79 Å². The van der Waals surface area contributed by atoms with Crippen molar-refractivity contribution in [1.29, 1.82) is 0 Å². The van der Waals surface area contributed by atoms with Gasteiger partial charge in [-0.1, -0.05) is 90.4 Å². The molecule has 0 spiro atoms. The van der Waals surface area contributed by atoms with Crippen molar-refractivity contribution < 1.29 is 72.6 Å². The first-order chi connectivity index (χ1) is 32.5. The van der Waals surface area contributed by atoms with Crippen molar-refractivity contribution in [3.63, 3.8) is 0 Å². The van der Waals surface area contributed by atoms with Gasteiger partial charge in [-0.15, -0.1) is 0 Å². The lowest BCUT2D eigenvalue weighted by Crippen LogP contribution is -2.47. The first kappa shape index (κ1) is 63.9. The normalized spacial score (nSPS) is 12.7. The molecule has 20 nitrogen and oxygen atoms in total. The topological polar surface area (TPSA) is 308 Å².